The van der Waals surface area contributed by atoms with Crippen LogP contribution in [0.3, 0.4) is 0 Å². The maximum Gasteiger partial charge on any atom is 0.243 e. The number of carbonyl (C=O) groups is 6. The van der Waals surface area contributed by atoms with Crippen LogP contribution in [0, 0.1) is 0 Å². The highest BCUT2D eigenvalue weighted by molar-refractivity contribution is 8.13. The van der Waals surface area contributed by atoms with Gasteiger partial charge in [-0.2, -0.15) is 91.2 Å². The van der Waals surface area contributed by atoms with Gasteiger partial charge in [-0.25, -0.2) is 21.6 Å². The van der Waals surface area contributed by atoms with E-state index < -0.39 is 79.0 Å². The SMILES string of the molecule is CS(=O)(=O)Cl.Cn1cc(CCC(=O)[C@@H]2Cc3cccc(c3)Oc3cccc(c3)C[C@H](N)C(=O)N[C@@H](CCc3ccccc3)C(=O)N2)cn1.Cn1cc(CCC(=O)[C@@H]2Cc3cccc(c3)Oc3cccc(c3)C[C@H](NS(C)(=O)=O)C(=O)N[C@@H](CCc3ccccc3)C(=O)N2)cn1.S.S.S.S.S.S. The number of fused-ring (bicyclic) bond motifs is 8. The largest absolute Gasteiger partial charge is 0.457 e. The summed E-state index contributed by atoms with van der Waals surface area (Å²) in [6, 6.07) is 42.9. The number of ether oxygens (including phenoxy) is 2. The normalized spacial score (nSPS) is 17.5. The van der Waals surface area contributed by atoms with Crippen LogP contribution in [0.1, 0.15) is 70.2 Å². The minimum Gasteiger partial charge on any atom is -0.457 e. The van der Waals surface area contributed by atoms with Crippen molar-refractivity contribution in [2.24, 2.45) is 19.8 Å². The van der Waals surface area contributed by atoms with Gasteiger partial charge in [0.1, 0.15) is 41.1 Å². The van der Waals surface area contributed by atoms with Crippen molar-refractivity contribution in [3.05, 3.63) is 227 Å². The molecular formula is C70H91ClN10O12S8. The third-order valence-corrected chi connectivity index (χ3v) is 16.2. The number of ketones is 2. The molecule has 101 heavy (non-hydrogen) atoms. The summed E-state index contributed by atoms with van der Waals surface area (Å²) in [6.45, 7) is 0. The first kappa shape index (κ1) is 89.9. The zero-order chi connectivity index (χ0) is 68.1. The number of nitrogens with zero attached hydrogens (tertiary/aromatic N) is 4. The molecule has 4 amide bonds. The summed E-state index contributed by atoms with van der Waals surface area (Å²) in [7, 11) is 1.14. The van der Waals surface area contributed by atoms with Gasteiger partial charge in [0.2, 0.25) is 42.7 Å². The van der Waals surface area contributed by atoms with Crippen molar-refractivity contribution in [1.82, 2.24) is 45.6 Å². The molecule has 0 radical (unpaired) electrons. The molecule has 0 saturated carbocycles. The number of benzene rings is 6. The summed E-state index contributed by atoms with van der Waals surface area (Å²) in [5.74, 6) is -0.0687. The Balaban J connectivity index is 0.000000611. The lowest BCUT2D eigenvalue weighted by molar-refractivity contribution is -0.132. The smallest absolute Gasteiger partial charge is 0.243 e. The van der Waals surface area contributed by atoms with E-state index in [2.05, 4.69) is 46.9 Å². The Morgan fingerprint density at radius 3 is 1.18 bits per heavy atom. The summed E-state index contributed by atoms with van der Waals surface area (Å²) in [5.41, 5.74) is 13.3. The van der Waals surface area contributed by atoms with Crippen molar-refractivity contribution in [1.29, 1.82) is 0 Å². The molecule has 548 valence electrons. The standard InChI is InChI=1S/C35H39N5O6S.C34H37N5O4.CH3ClO2S.6H2S/c1-40-23-27(22-36-40)15-17-33(41)31-20-25-10-6-12-28(18-25)46-29-13-7-11-26(19-29)21-32(39-47(2,44)45)35(43)37-30(34(42)38-31)16-14-24-8-4-3-5-9-24;1-39-22-26(21-36-39)14-16-32(40)31-20-25-10-6-12-28(18-25)43-27-11-5-9-24(17-27)19-29(35)33(41)37-30(34(42)38-31)15-13-23-7-3-2-4-8-23;1-5(2,3)4;;;;;;/h3-13,18-19,22-23,30-32,39H,14-17,20-21H2,1-2H3,(H,37,43)(H,38,42);2-12,17-18,21-22,29-31H,13-16,19-20,35H2,1H3,(H,37,41)(H,38,42);1H3;6*1H2/t30-,31-,32-;29-,30-,31-;;;;;;;/m00......./s1. The summed E-state index contributed by atoms with van der Waals surface area (Å²) in [6.07, 6.45) is 12.8. The van der Waals surface area contributed by atoms with Gasteiger partial charge < -0.3 is 36.5 Å². The fourth-order valence-corrected chi connectivity index (χ4v) is 11.5. The van der Waals surface area contributed by atoms with Crippen molar-refractivity contribution in [3.63, 3.8) is 0 Å². The van der Waals surface area contributed by atoms with Crippen LogP contribution in [0.4, 0.5) is 0 Å². The van der Waals surface area contributed by atoms with Crippen molar-refractivity contribution >= 4 is 146 Å². The average molecular weight is 1560 g/mol. The van der Waals surface area contributed by atoms with Crippen LogP contribution in [0.2, 0.25) is 0 Å². The molecule has 6 atom stereocenters. The van der Waals surface area contributed by atoms with Crippen LogP contribution in [0.15, 0.2) is 183 Å². The van der Waals surface area contributed by atoms with E-state index in [1.165, 1.54) is 0 Å². The highest BCUT2D eigenvalue weighted by Crippen LogP contribution is 2.27. The maximum absolute atomic E-state index is 14.0. The first-order chi connectivity index (χ1) is 45.3. The number of halogens is 1. The number of hydrogen-bond acceptors (Lipinski definition) is 15. The first-order valence-corrected chi connectivity index (χ1v) is 35.6. The van der Waals surface area contributed by atoms with E-state index >= 15 is 0 Å². The Kier molecular flexibility index (Phi) is 38.8. The van der Waals surface area contributed by atoms with Gasteiger partial charge in [0, 0.05) is 50.0 Å². The fourth-order valence-electron chi connectivity index (χ4n) is 10.8. The molecule has 31 heteroatoms. The third-order valence-electron chi connectivity index (χ3n) is 15.5. The van der Waals surface area contributed by atoms with Crippen LogP contribution in [0.25, 0.3) is 0 Å². The zero-order valence-electron chi connectivity index (χ0n) is 56.2. The molecule has 7 N–H and O–H groups in total. The number of nitrogens with two attached hydrogens (primary N) is 1. The second-order valence-electron chi connectivity index (χ2n) is 23.6. The van der Waals surface area contributed by atoms with Crippen molar-refractivity contribution < 1.29 is 55.1 Å². The Labute approximate surface area is 637 Å². The monoisotopic (exact) mass is 1550 g/mol. The first-order valence-electron chi connectivity index (χ1n) is 31.0. The number of Topliss-reactive ketones (excluding diaryl/α,β-unsaturated/α-hetero) is 2. The molecule has 2 aliphatic rings. The average Bonchev–Trinajstić information content (AvgIpc) is 1.39. The van der Waals surface area contributed by atoms with Gasteiger partial charge in [-0.05, 0) is 157 Å². The molecule has 10 rings (SSSR count). The van der Waals surface area contributed by atoms with Crippen LogP contribution in [-0.4, -0.2) is 120 Å². The zero-order valence-corrected chi connectivity index (χ0v) is 64.6. The predicted octanol–water partition coefficient (Wildman–Crippen LogP) is 7.34. The van der Waals surface area contributed by atoms with Crippen LogP contribution in [-0.2, 0) is 113 Å². The Morgan fingerprint density at radius 2 is 0.832 bits per heavy atom. The molecule has 8 bridgehead atoms. The lowest BCUT2D eigenvalue weighted by atomic mass is 9.97. The Morgan fingerprint density at radius 1 is 0.485 bits per heavy atom. The molecule has 22 nitrogen and oxygen atoms in total. The molecule has 8 aromatic rings. The van der Waals surface area contributed by atoms with Crippen molar-refractivity contribution in [2.75, 3.05) is 12.5 Å². The summed E-state index contributed by atoms with van der Waals surface area (Å²) in [5, 5.41) is 19.9. The lowest BCUT2D eigenvalue weighted by Gasteiger charge is -2.26. The summed E-state index contributed by atoms with van der Waals surface area (Å²) in [4.78, 5) is 82.0. The number of amides is 4. The molecule has 0 aliphatic carbocycles. The molecule has 0 spiro atoms. The number of carbonyl (C=O) groups excluding carboxylic acids is 6. The molecule has 0 fully saturated rings. The van der Waals surface area contributed by atoms with E-state index in [4.69, 9.17) is 15.2 Å². The maximum atomic E-state index is 14.0. The molecular weight excluding hydrogens is 1460 g/mol. The number of aryl methyl sites for hydroxylation is 6. The number of sulfonamides is 1. The predicted molar refractivity (Wildman–Crippen MR) is 424 cm³/mol. The minimum absolute atomic E-state index is 0. The van der Waals surface area contributed by atoms with E-state index in [1.54, 1.807) is 59.1 Å². The summed E-state index contributed by atoms with van der Waals surface area (Å²) >= 11 is 0. The molecule has 2 aromatic heterocycles. The van der Waals surface area contributed by atoms with Gasteiger partial charge in [-0.1, -0.05) is 109 Å². The van der Waals surface area contributed by atoms with E-state index in [0.29, 0.717) is 60.7 Å². The highest BCUT2D eigenvalue weighted by Gasteiger charge is 2.32. The molecule has 0 unspecified atom stereocenters. The Hall–Kier alpha value is -7.23. The lowest BCUT2D eigenvalue weighted by Crippen LogP contribution is -2.56. The van der Waals surface area contributed by atoms with Crippen molar-refractivity contribution in [2.45, 2.75) is 113 Å². The number of hydrogen-bond donors (Lipinski definition) is 6. The van der Waals surface area contributed by atoms with E-state index in [0.717, 1.165) is 51.5 Å². The van der Waals surface area contributed by atoms with Crippen LogP contribution in [0.5, 0.6) is 23.0 Å². The van der Waals surface area contributed by atoms with Gasteiger partial charge >= 0.3 is 0 Å². The Bertz CT molecular complexity index is 4190. The van der Waals surface area contributed by atoms with Crippen molar-refractivity contribution in [3.8, 4) is 23.0 Å². The number of nitrogens with one attached hydrogen (secondary N) is 5. The quantitative estimate of drug-likeness (QED) is 0.0516. The van der Waals surface area contributed by atoms with E-state index in [9.17, 15) is 45.6 Å². The van der Waals surface area contributed by atoms with Crippen LogP contribution >= 0.6 is 91.7 Å². The second-order valence-corrected chi connectivity index (χ2v) is 28.4. The second kappa shape index (κ2) is 43.7. The van der Waals surface area contributed by atoms with Gasteiger partial charge in [0.15, 0.2) is 11.6 Å². The minimum atomic E-state index is -3.80. The summed E-state index contributed by atoms with van der Waals surface area (Å²) < 4.78 is 61.5. The van der Waals surface area contributed by atoms with Gasteiger partial charge in [-0.15, -0.1) is 0 Å². The molecule has 6 aromatic carbocycles. The van der Waals surface area contributed by atoms with Gasteiger partial charge in [0.05, 0.1) is 43.0 Å². The number of rotatable bonds is 16. The van der Waals surface area contributed by atoms with Gasteiger partial charge in [0.25, 0.3) is 0 Å². The molecule has 0 saturated heterocycles. The number of aromatic nitrogens is 4. The topological polar surface area (TPSA) is 311 Å². The van der Waals surface area contributed by atoms with E-state index in [-0.39, 0.29) is 137 Å². The van der Waals surface area contributed by atoms with Crippen LogP contribution < -0.4 is 41.2 Å². The van der Waals surface area contributed by atoms with E-state index in [1.807, 2.05) is 147 Å². The molecule has 2 aliphatic heterocycles. The molecule has 4 heterocycles. The van der Waals surface area contributed by atoms with Gasteiger partial charge in [-0.3, -0.25) is 38.1 Å². The fraction of sp³-hybridized carbons (Fsp3) is 0.314. The third kappa shape index (κ3) is 31.5. The highest BCUT2D eigenvalue weighted by atomic mass is 35.7.